The molecule has 1 atom stereocenters. The van der Waals surface area contributed by atoms with Gasteiger partial charge in [-0.15, -0.1) is 0 Å². The number of nitrogens with one attached hydrogen (secondary N) is 2. The van der Waals surface area contributed by atoms with Crippen molar-refractivity contribution in [1.82, 2.24) is 10.6 Å². The maximum atomic E-state index is 12.3. The Balaban J connectivity index is 2.74. The van der Waals surface area contributed by atoms with Gasteiger partial charge in [-0.1, -0.05) is 34.6 Å². The zero-order chi connectivity index (χ0) is 21.0. The Bertz CT molecular complexity index is 636. The molecule has 8 nitrogen and oxygen atoms in total. The van der Waals surface area contributed by atoms with Gasteiger partial charge in [0.15, 0.2) is 11.6 Å². The second-order valence-electron chi connectivity index (χ2n) is 8.92. The lowest BCUT2D eigenvalue weighted by atomic mass is 9.73. The molecule has 0 radical (unpaired) electrons. The molecule has 1 amide bonds. The molecular weight excluding hydrogens is 352 g/mol. The number of ether oxygens (including phenoxy) is 1. The van der Waals surface area contributed by atoms with Crippen LogP contribution >= 0.6 is 0 Å². The summed E-state index contributed by atoms with van der Waals surface area (Å²) in [6.45, 7) is 10.9. The predicted octanol–water partition coefficient (Wildman–Crippen LogP) is 2.03. The highest BCUT2D eigenvalue weighted by molar-refractivity contribution is 6.22. The van der Waals surface area contributed by atoms with Gasteiger partial charge >= 0.3 is 12.1 Å². The molecule has 1 rings (SSSR count). The summed E-state index contributed by atoms with van der Waals surface area (Å²) in [4.78, 5) is 47.7. The average Bonchev–Trinajstić information content (AvgIpc) is 2.46. The zero-order valence-corrected chi connectivity index (χ0v) is 16.9. The van der Waals surface area contributed by atoms with E-state index in [0.29, 0.717) is 5.70 Å². The number of ketones is 2. The molecule has 0 aliphatic heterocycles. The molecule has 1 aliphatic rings. The number of rotatable bonds is 6. The molecule has 8 heteroatoms. The van der Waals surface area contributed by atoms with E-state index >= 15 is 0 Å². The first-order valence-corrected chi connectivity index (χ1v) is 8.89. The highest BCUT2D eigenvalue weighted by atomic mass is 16.5. The van der Waals surface area contributed by atoms with E-state index in [1.165, 1.54) is 0 Å². The fourth-order valence-electron chi connectivity index (χ4n) is 2.69. The maximum Gasteiger partial charge on any atom is 0.407 e. The van der Waals surface area contributed by atoms with Crippen LogP contribution in [0.2, 0.25) is 0 Å². The minimum absolute atomic E-state index is 0.0776. The molecule has 0 bridgehead atoms. The van der Waals surface area contributed by atoms with Crippen molar-refractivity contribution in [1.29, 1.82) is 0 Å². The summed E-state index contributed by atoms with van der Waals surface area (Å²) in [6.07, 6.45) is -0.323. The Morgan fingerprint density at radius 1 is 1.19 bits per heavy atom. The van der Waals surface area contributed by atoms with Gasteiger partial charge in [-0.05, 0) is 17.8 Å². The summed E-state index contributed by atoms with van der Waals surface area (Å²) < 4.78 is 5.01. The van der Waals surface area contributed by atoms with E-state index in [2.05, 4.69) is 10.6 Å². The number of carboxylic acids is 1. The van der Waals surface area contributed by atoms with E-state index in [1.807, 2.05) is 34.6 Å². The van der Waals surface area contributed by atoms with Crippen molar-refractivity contribution in [2.24, 2.45) is 10.8 Å². The first-order chi connectivity index (χ1) is 12.2. The van der Waals surface area contributed by atoms with Crippen LogP contribution in [0.25, 0.3) is 0 Å². The SMILES string of the molecule is CC(NCC(NC(=O)OCC(C)(C)C)C(=O)O)=C1C(=O)CC(C)(C)CC1=O. The quantitative estimate of drug-likeness (QED) is 0.474. The van der Waals surface area contributed by atoms with Crippen molar-refractivity contribution < 1.29 is 29.0 Å². The van der Waals surface area contributed by atoms with Gasteiger partial charge < -0.3 is 20.5 Å². The smallest absolute Gasteiger partial charge is 0.407 e. The molecule has 0 spiro atoms. The summed E-state index contributed by atoms with van der Waals surface area (Å²) >= 11 is 0. The lowest BCUT2D eigenvalue weighted by molar-refractivity contribution is -0.139. The summed E-state index contributed by atoms with van der Waals surface area (Å²) in [5.74, 6) is -1.77. The van der Waals surface area contributed by atoms with Crippen LogP contribution in [0.3, 0.4) is 0 Å². The first kappa shape index (κ1) is 22.7. The molecule has 1 unspecified atom stereocenters. The molecule has 0 aromatic heterocycles. The van der Waals surface area contributed by atoms with Gasteiger partial charge in [-0.3, -0.25) is 9.59 Å². The van der Waals surface area contributed by atoms with Gasteiger partial charge in [-0.2, -0.15) is 0 Å². The van der Waals surface area contributed by atoms with Gasteiger partial charge in [0.25, 0.3) is 0 Å². The fraction of sp³-hybridized carbons (Fsp3) is 0.684. The van der Waals surface area contributed by atoms with Crippen molar-refractivity contribution in [3.63, 3.8) is 0 Å². The first-order valence-electron chi connectivity index (χ1n) is 8.89. The maximum absolute atomic E-state index is 12.3. The third kappa shape index (κ3) is 7.40. The van der Waals surface area contributed by atoms with Crippen molar-refractivity contribution in [2.75, 3.05) is 13.2 Å². The van der Waals surface area contributed by atoms with E-state index in [0.717, 1.165) is 0 Å². The van der Waals surface area contributed by atoms with Crippen LogP contribution < -0.4 is 10.6 Å². The Hall–Kier alpha value is -2.38. The van der Waals surface area contributed by atoms with Crippen LogP contribution in [0.15, 0.2) is 11.3 Å². The second-order valence-corrected chi connectivity index (χ2v) is 8.92. The van der Waals surface area contributed by atoms with E-state index in [1.54, 1.807) is 6.92 Å². The highest BCUT2D eigenvalue weighted by Crippen LogP contribution is 2.34. The molecule has 3 N–H and O–H groups in total. The number of Topliss-reactive ketones (excluding diaryl/α,β-unsaturated/α-hetero) is 2. The van der Waals surface area contributed by atoms with Crippen molar-refractivity contribution >= 4 is 23.6 Å². The number of carbonyl (C=O) groups is 4. The second kappa shape index (κ2) is 8.54. The minimum Gasteiger partial charge on any atom is -0.480 e. The van der Waals surface area contributed by atoms with Crippen molar-refractivity contribution in [2.45, 2.75) is 60.4 Å². The Morgan fingerprint density at radius 3 is 2.15 bits per heavy atom. The van der Waals surface area contributed by atoms with Gasteiger partial charge in [0.05, 0.1) is 12.2 Å². The number of amides is 1. The summed E-state index contributed by atoms with van der Waals surface area (Å²) in [5, 5.41) is 14.3. The molecular formula is C19H30N2O6. The van der Waals surface area contributed by atoms with Gasteiger partial charge in [-0.25, -0.2) is 9.59 Å². The zero-order valence-electron chi connectivity index (χ0n) is 16.9. The molecule has 0 aromatic carbocycles. The Kier molecular flexibility index (Phi) is 7.17. The largest absolute Gasteiger partial charge is 0.480 e. The molecule has 0 saturated heterocycles. The number of aliphatic carboxylic acids is 1. The van der Waals surface area contributed by atoms with Gasteiger partial charge in [0, 0.05) is 25.1 Å². The highest BCUT2D eigenvalue weighted by Gasteiger charge is 2.36. The topological polar surface area (TPSA) is 122 Å². The van der Waals surface area contributed by atoms with E-state index in [-0.39, 0.29) is 54.0 Å². The summed E-state index contributed by atoms with van der Waals surface area (Å²) in [6, 6.07) is -1.27. The molecule has 1 saturated carbocycles. The normalized spacial score (nSPS) is 17.9. The lowest BCUT2D eigenvalue weighted by Gasteiger charge is -2.29. The third-order valence-corrected chi connectivity index (χ3v) is 4.01. The van der Waals surface area contributed by atoms with Gasteiger partial charge in [0.2, 0.25) is 0 Å². The van der Waals surface area contributed by atoms with Crippen molar-refractivity contribution in [3.05, 3.63) is 11.3 Å². The number of carboxylic acid groups (broad SMARTS) is 1. The molecule has 1 aliphatic carbocycles. The molecule has 1 fully saturated rings. The van der Waals surface area contributed by atoms with Crippen LogP contribution in [0.5, 0.6) is 0 Å². The number of carbonyl (C=O) groups excluding carboxylic acids is 3. The van der Waals surface area contributed by atoms with Crippen LogP contribution in [-0.4, -0.2) is 47.9 Å². The minimum atomic E-state index is -1.27. The van der Waals surface area contributed by atoms with Crippen molar-refractivity contribution in [3.8, 4) is 0 Å². The van der Waals surface area contributed by atoms with Crippen LogP contribution in [-0.2, 0) is 19.1 Å². The van der Waals surface area contributed by atoms with E-state index in [9.17, 15) is 24.3 Å². The Morgan fingerprint density at radius 2 is 1.70 bits per heavy atom. The third-order valence-electron chi connectivity index (χ3n) is 4.01. The van der Waals surface area contributed by atoms with Crippen LogP contribution in [0, 0.1) is 10.8 Å². The number of allylic oxidation sites excluding steroid dienone is 2. The number of alkyl carbamates (subject to hydrolysis) is 1. The van der Waals surface area contributed by atoms with Crippen LogP contribution in [0.1, 0.15) is 54.4 Å². The molecule has 152 valence electrons. The van der Waals surface area contributed by atoms with E-state index < -0.39 is 18.1 Å². The Labute approximate surface area is 159 Å². The number of hydrogen-bond donors (Lipinski definition) is 3. The summed E-state index contributed by atoms with van der Waals surface area (Å²) in [7, 11) is 0. The molecule has 0 aromatic rings. The standard InChI is InChI=1S/C19H30N2O6/c1-11(15-13(22)7-19(5,6)8-14(15)23)20-9-12(16(24)25)21-17(26)27-10-18(2,3)4/h12,20H,7-10H2,1-6H3,(H,21,26)(H,24,25). The number of hydrogen-bond acceptors (Lipinski definition) is 6. The summed E-state index contributed by atoms with van der Waals surface area (Å²) in [5.41, 5.74) is -0.226. The monoisotopic (exact) mass is 382 g/mol. The van der Waals surface area contributed by atoms with Crippen LogP contribution in [0.4, 0.5) is 4.79 Å². The fourth-order valence-corrected chi connectivity index (χ4v) is 2.69. The molecule has 27 heavy (non-hydrogen) atoms. The average molecular weight is 382 g/mol. The van der Waals surface area contributed by atoms with E-state index in [4.69, 9.17) is 4.74 Å². The molecule has 0 heterocycles. The van der Waals surface area contributed by atoms with Gasteiger partial charge in [0.1, 0.15) is 6.04 Å². The predicted molar refractivity (Wildman–Crippen MR) is 99.1 cm³/mol. The lowest BCUT2D eigenvalue weighted by Crippen LogP contribution is -2.48.